The highest BCUT2D eigenvalue weighted by molar-refractivity contribution is 8.26. The van der Waals surface area contributed by atoms with E-state index in [4.69, 9.17) is 12.2 Å². The number of hydrogen-bond acceptors (Lipinski definition) is 5. The van der Waals surface area contributed by atoms with Crippen LogP contribution in [0.4, 0.5) is 0 Å². The number of para-hydroxylation sites is 1. The molecule has 7 heteroatoms. The second-order valence-electron chi connectivity index (χ2n) is 5.11. The van der Waals surface area contributed by atoms with Crippen LogP contribution < -0.4 is 0 Å². The first kappa shape index (κ1) is 17.5. The van der Waals surface area contributed by atoms with Crippen LogP contribution in [0.15, 0.2) is 29.2 Å². The molecule has 0 aliphatic carbocycles. The molecule has 1 fully saturated rings. The van der Waals surface area contributed by atoms with Crippen LogP contribution in [-0.4, -0.2) is 37.4 Å². The van der Waals surface area contributed by atoms with Gasteiger partial charge >= 0.3 is 5.97 Å². The average Bonchev–Trinajstić information content (AvgIpc) is 2.77. The maximum Gasteiger partial charge on any atom is 0.326 e. The molecule has 0 bridgehead atoms. The van der Waals surface area contributed by atoms with Gasteiger partial charge in [0, 0.05) is 5.56 Å². The molecule has 23 heavy (non-hydrogen) atoms. The van der Waals surface area contributed by atoms with E-state index in [2.05, 4.69) is 0 Å². The molecule has 1 aliphatic heterocycles. The number of rotatable bonds is 6. The normalized spacial score (nSPS) is 17.8. The molecule has 2 rings (SSSR count). The summed E-state index contributed by atoms with van der Waals surface area (Å²) in [5.74, 6) is -1.43. The Kier molecular flexibility index (Phi) is 5.79. The monoisotopic (exact) mass is 351 g/mol. The zero-order chi connectivity index (χ0) is 17.0. The lowest BCUT2D eigenvalue weighted by molar-refractivity contribution is -0.145. The summed E-state index contributed by atoms with van der Waals surface area (Å²) in [6.07, 6.45) is 3.44. The number of carboxylic acid groups (broad SMARTS) is 1. The van der Waals surface area contributed by atoms with Gasteiger partial charge in [0.2, 0.25) is 0 Å². The number of aromatic hydroxyl groups is 1. The predicted octanol–water partition coefficient (Wildman–Crippen LogP) is 3.24. The van der Waals surface area contributed by atoms with E-state index in [1.165, 1.54) is 17.0 Å². The maximum atomic E-state index is 12.5. The quantitative estimate of drug-likeness (QED) is 0.605. The average molecular weight is 351 g/mol. The standard InChI is InChI=1S/C16H17NO4S2/c1-2-3-7-11(15(20)21)17-14(19)13(23-16(17)22)9-10-6-4-5-8-12(10)18/h4-6,8-9,11,18H,2-3,7H2,1H3,(H,20,21)/b13-9-. The fraction of sp³-hybridized carbons (Fsp3) is 0.312. The molecule has 1 heterocycles. The van der Waals surface area contributed by atoms with Crippen LogP contribution in [0.2, 0.25) is 0 Å². The fourth-order valence-corrected chi connectivity index (χ4v) is 3.61. The maximum absolute atomic E-state index is 12.5. The molecule has 1 saturated heterocycles. The summed E-state index contributed by atoms with van der Waals surface area (Å²) in [4.78, 5) is 25.5. The molecule has 1 atom stereocenters. The number of unbranched alkanes of at least 4 members (excludes halogenated alkanes) is 1. The highest BCUT2D eigenvalue weighted by atomic mass is 32.2. The summed E-state index contributed by atoms with van der Waals surface area (Å²) in [5.41, 5.74) is 0.494. The van der Waals surface area contributed by atoms with Gasteiger partial charge in [0.1, 0.15) is 16.1 Å². The summed E-state index contributed by atoms with van der Waals surface area (Å²) in [6.45, 7) is 1.96. The molecular weight excluding hydrogens is 334 g/mol. The van der Waals surface area contributed by atoms with Gasteiger partial charge in [-0.2, -0.15) is 0 Å². The number of carboxylic acids is 1. The first-order valence-electron chi connectivity index (χ1n) is 7.23. The first-order valence-corrected chi connectivity index (χ1v) is 8.46. The Labute approximate surface area is 144 Å². The van der Waals surface area contributed by atoms with Crippen molar-refractivity contribution >= 4 is 46.3 Å². The van der Waals surface area contributed by atoms with Crippen molar-refractivity contribution in [2.24, 2.45) is 0 Å². The van der Waals surface area contributed by atoms with E-state index in [1.54, 1.807) is 18.2 Å². The minimum absolute atomic E-state index is 0.0542. The Hall–Kier alpha value is -1.86. The van der Waals surface area contributed by atoms with Crippen molar-refractivity contribution < 1.29 is 19.8 Å². The van der Waals surface area contributed by atoms with Crippen LogP contribution in [0.1, 0.15) is 31.7 Å². The van der Waals surface area contributed by atoms with Crippen molar-refractivity contribution in [2.45, 2.75) is 32.2 Å². The summed E-state index contributed by atoms with van der Waals surface area (Å²) in [5, 5.41) is 19.2. The van der Waals surface area contributed by atoms with Crippen LogP contribution >= 0.6 is 24.0 Å². The van der Waals surface area contributed by atoms with Crippen LogP contribution in [0, 0.1) is 0 Å². The fourth-order valence-electron chi connectivity index (χ4n) is 2.26. The summed E-state index contributed by atoms with van der Waals surface area (Å²) < 4.78 is 0.236. The van der Waals surface area contributed by atoms with Crippen molar-refractivity contribution in [3.05, 3.63) is 34.7 Å². The molecular formula is C16H17NO4S2. The van der Waals surface area contributed by atoms with Crippen molar-refractivity contribution in [2.75, 3.05) is 0 Å². The zero-order valence-electron chi connectivity index (χ0n) is 12.6. The Bertz CT molecular complexity index is 672. The zero-order valence-corrected chi connectivity index (χ0v) is 14.2. The third-order valence-electron chi connectivity index (χ3n) is 3.47. The minimum Gasteiger partial charge on any atom is -0.507 e. The second kappa shape index (κ2) is 7.61. The predicted molar refractivity (Wildman–Crippen MR) is 94.1 cm³/mol. The van der Waals surface area contributed by atoms with E-state index in [0.717, 1.165) is 18.2 Å². The summed E-state index contributed by atoms with van der Waals surface area (Å²) >= 11 is 6.25. The molecule has 1 aromatic rings. The molecule has 1 unspecified atom stereocenters. The highest BCUT2D eigenvalue weighted by Crippen LogP contribution is 2.36. The first-order chi connectivity index (χ1) is 11.0. The smallest absolute Gasteiger partial charge is 0.326 e. The van der Waals surface area contributed by atoms with E-state index in [9.17, 15) is 19.8 Å². The van der Waals surface area contributed by atoms with Crippen molar-refractivity contribution in [3.8, 4) is 5.75 Å². The topological polar surface area (TPSA) is 77.8 Å². The summed E-state index contributed by atoms with van der Waals surface area (Å²) in [7, 11) is 0. The molecule has 2 N–H and O–H groups in total. The molecule has 0 spiro atoms. The van der Waals surface area contributed by atoms with Gasteiger partial charge in [-0.3, -0.25) is 9.69 Å². The molecule has 5 nitrogen and oxygen atoms in total. The number of phenols is 1. The largest absolute Gasteiger partial charge is 0.507 e. The van der Waals surface area contributed by atoms with Gasteiger partial charge in [0.25, 0.3) is 5.91 Å². The minimum atomic E-state index is -1.06. The number of hydrogen-bond donors (Lipinski definition) is 2. The van der Waals surface area contributed by atoms with E-state index < -0.39 is 17.9 Å². The van der Waals surface area contributed by atoms with Gasteiger partial charge in [-0.05, 0) is 18.6 Å². The highest BCUT2D eigenvalue weighted by Gasteiger charge is 2.40. The van der Waals surface area contributed by atoms with Gasteiger partial charge < -0.3 is 10.2 Å². The number of nitrogens with zero attached hydrogens (tertiary/aromatic N) is 1. The van der Waals surface area contributed by atoms with Crippen molar-refractivity contribution in [1.82, 2.24) is 4.90 Å². The Balaban J connectivity index is 2.29. The van der Waals surface area contributed by atoms with Crippen molar-refractivity contribution in [3.63, 3.8) is 0 Å². The van der Waals surface area contributed by atoms with Crippen LogP contribution in [0.25, 0.3) is 6.08 Å². The van der Waals surface area contributed by atoms with Gasteiger partial charge in [0.15, 0.2) is 0 Å². The number of amides is 1. The number of carbonyl (C=O) groups is 2. The van der Waals surface area contributed by atoms with Crippen LogP contribution in [0.5, 0.6) is 5.75 Å². The van der Waals surface area contributed by atoms with E-state index >= 15 is 0 Å². The van der Waals surface area contributed by atoms with Gasteiger partial charge in [-0.1, -0.05) is 61.9 Å². The number of carbonyl (C=O) groups excluding carboxylic acids is 1. The van der Waals surface area contributed by atoms with Crippen LogP contribution in [-0.2, 0) is 9.59 Å². The van der Waals surface area contributed by atoms with Gasteiger partial charge in [-0.25, -0.2) is 4.79 Å². The lowest BCUT2D eigenvalue weighted by Crippen LogP contribution is -2.43. The SMILES string of the molecule is CCCCC(C(=O)O)N1C(=O)/C(=C/c2ccccc2O)SC1=S. The van der Waals surface area contributed by atoms with Gasteiger partial charge in [0.05, 0.1) is 4.91 Å². The van der Waals surface area contributed by atoms with Crippen LogP contribution in [0.3, 0.4) is 0 Å². The molecule has 1 aromatic carbocycles. The Morgan fingerprint density at radius 3 is 2.74 bits per heavy atom. The number of thioether (sulfide) groups is 1. The molecule has 0 saturated carbocycles. The lowest BCUT2D eigenvalue weighted by Gasteiger charge is -2.22. The van der Waals surface area contributed by atoms with Gasteiger partial charge in [-0.15, -0.1) is 0 Å². The lowest BCUT2D eigenvalue weighted by atomic mass is 10.1. The third kappa shape index (κ3) is 3.92. The number of thiocarbonyl (C=S) groups is 1. The number of benzene rings is 1. The molecule has 0 aromatic heterocycles. The van der Waals surface area contributed by atoms with Crippen molar-refractivity contribution in [1.29, 1.82) is 0 Å². The molecule has 1 aliphatic rings. The molecule has 0 radical (unpaired) electrons. The third-order valence-corrected chi connectivity index (χ3v) is 4.81. The van der Waals surface area contributed by atoms with E-state index in [0.29, 0.717) is 23.3 Å². The van der Waals surface area contributed by atoms with E-state index in [1.807, 2.05) is 6.92 Å². The second-order valence-corrected chi connectivity index (χ2v) is 6.78. The summed E-state index contributed by atoms with van der Waals surface area (Å²) in [6, 6.07) is 5.68. The molecule has 122 valence electrons. The molecule has 1 amide bonds. The van der Waals surface area contributed by atoms with E-state index in [-0.39, 0.29) is 10.1 Å². The Morgan fingerprint density at radius 2 is 2.13 bits per heavy atom. The number of phenolic OH excluding ortho intramolecular Hbond substituents is 1. The Morgan fingerprint density at radius 1 is 1.43 bits per heavy atom. The number of aliphatic carboxylic acids is 1.